The quantitative estimate of drug-likeness (QED) is 0.708. The number of nitrogens with zero attached hydrogens (tertiary/aromatic N) is 2. The van der Waals surface area contributed by atoms with Crippen LogP contribution in [0, 0.1) is 22.7 Å². The molecule has 15 heavy (non-hydrogen) atoms. The molecule has 0 aromatic heterocycles. The molecule has 0 saturated heterocycles. The average Bonchev–Trinajstić information content (AvgIpc) is 2.97. The lowest BCUT2D eigenvalue weighted by molar-refractivity contribution is -0.145. The molecule has 2 aliphatic rings. The first-order valence-electron chi connectivity index (χ1n) is 5.85. The zero-order valence-corrected chi connectivity index (χ0v) is 9.49. The lowest BCUT2D eigenvalue weighted by atomic mass is 9.62. The summed E-state index contributed by atoms with van der Waals surface area (Å²) < 4.78 is 0. The number of hydrogen-bond donors (Lipinski definition) is 0. The predicted octanol–water partition coefficient (Wildman–Crippen LogP) is 1.94. The Bertz CT molecular complexity index is 308. The minimum absolute atomic E-state index is 0.0908. The smallest absolute Gasteiger partial charge is 0.243 e. The Kier molecular flexibility index (Phi) is 2.46. The number of carbonyl (C=O) groups excluding carboxylic acids is 1. The van der Waals surface area contributed by atoms with Crippen LogP contribution in [0.1, 0.15) is 39.5 Å². The van der Waals surface area contributed by atoms with Gasteiger partial charge in [0, 0.05) is 12.6 Å². The number of rotatable bonds is 3. The molecule has 0 aliphatic heterocycles. The topological polar surface area (TPSA) is 44.1 Å². The van der Waals surface area contributed by atoms with Crippen LogP contribution in [0.25, 0.3) is 0 Å². The zero-order chi connectivity index (χ0) is 11.1. The van der Waals surface area contributed by atoms with Crippen LogP contribution in [0.5, 0.6) is 0 Å². The van der Waals surface area contributed by atoms with Gasteiger partial charge in [0.1, 0.15) is 5.41 Å². The molecule has 2 saturated carbocycles. The van der Waals surface area contributed by atoms with Gasteiger partial charge in [0.2, 0.25) is 5.91 Å². The van der Waals surface area contributed by atoms with E-state index in [0.29, 0.717) is 12.0 Å². The third kappa shape index (κ3) is 1.62. The minimum atomic E-state index is -0.669. The number of nitriles is 1. The summed E-state index contributed by atoms with van der Waals surface area (Å²) in [6.07, 6.45) is 3.75. The molecule has 0 atom stereocenters. The van der Waals surface area contributed by atoms with Crippen molar-refractivity contribution < 1.29 is 4.79 Å². The van der Waals surface area contributed by atoms with Crippen molar-refractivity contribution in [2.45, 2.75) is 45.6 Å². The van der Waals surface area contributed by atoms with E-state index in [9.17, 15) is 10.1 Å². The maximum absolute atomic E-state index is 12.2. The van der Waals surface area contributed by atoms with Crippen molar-refractivity contribution in [1.82, 2.24) is 4.90 Å². The Morgan fingerprint density at radius 3 is 2.47 bits per heavy atom. The first-order chi connectivity index (χ1) is 7.13. The van der Waals surface area contributed by atoms with Gasteiger partial charge in [0.05, 0.1) is 6.07 Å². The van der Waals surface area contributed by atoms with Crippen molar-refractivity contribution in [2.75, 3.05) is 6.54 Å². The standard InChI is InChI=1S/C12H18N2O/c1-3-14(10-4-5-10)11(15)12(8-13)6-9(2)7-12/h9-10H,3-7H2,1-2H3. The largest absolute Gasteiger partial charge is 0.339 e. The second-order valence-electron chi connectivity index (χ2n) is 5.03. The Hall–Kier alpha value is -1.04. The lowest BCUT2D eigenvalue weighted by Gasteiger charge is -2.42. The maximum atomic E-state index is 12.2. The van der Waals surface area contributed by atoms with Gasteiger partial charge in [-0.15, -0.1) is 0 Å². The van der Waals surface area contributed by atoms with E-state index < -0.39 is 5.41 Å². The van der Waals surface area contributed by atoms with Crippen LogP contribution in [0.15, 0.2) is 0 Å². The van der Waals surface area contributed by atoms with E-state index in [1.807, 2.05) is 11.8 Å². The summed E-state index contributed by atoms with van der Waals surface area (Å²) in [5.74, 6) is 0.625. The fourth-order valence-corrected chi connectivity index (χ4v) is 2.67. The van der Waals surface area contributed by atoms with Crippen LogP contribution in [-0.4, -0.2) is 23.4 Å². The third-order valence-electron chi connectivity index (χ3n) is 3.61. The first kappa shape index (κ1) is 10.5. The van der Waals surface area contributed by atoms with Crippen molar-refractivity contribution in [2.24, 2.45) is 11.3 Å². The molecular weight excluding hydrogens is 188 g/mol. The summed E-state index contributed by atoms with van der Waals surface area (Å²) in [7, 11) is 0. The Labute approximate surface area is 91.1 Å². The normalized spacial score (nSPS) is 34.1. The molecule has 0 aromatic rings. The lowest BCUT2D eigenvalue weighted by Crippen LogP contribution is -2.50. The van der Waals surface area contributed by atoms with E-state index >= 15 is 0 Å². The van der Waals surface area contributed by atoms with Crippen LogP contribution in [-0.2, 0) is 4.79 Å². The van der Waals surface area contributed by atoms with Crippen LogP contribution >= 0.6 is 0 Å². The van der Waals surface area contributed by atoms with Crippen molar-refractivity contribution in [1.29, 1.82) is 5.26 Å². The van der Waals surface area contributed by atoms with Gasteiger partial charge in [0.15, 0.2) is 0 Å². The molecule has 0 aromatic carbocycles. The minimum Gasteiger partial charge on any atom is -0.339 e. The van der Waals surface area contributed by atoms with E-state index in [4.69, 9.17) is 0 Å². The molecule has 0 N–H and O–H groups in total. The first-order valence-corrected chi connectivity index (χ1v) is 5.85. The third-order valence-corrected chi connectivity index (χ3v) is 3.61. The highest BCUT2D eigenvalue weighted by molar-refractivity contribution is 5.87. The maximum Gasteiger partial charge on any atom is 0.243 e. The molecule has 0 radical (unpaired) electrons. The molecule has 2 aliphatic carbocycles. The van der Waals surface area contributed by atoms with Gasteiger partial charge >= 0.3 is 0 Å². The molecule has 0 bridgehead atoms. The molecule has 0 spiro atoms. The van der Waals surface area contributed by atoms with Crippen LogP contribution in [0.3, 0.4) is 0 Å². The molecule has 2 fully saturated rings. The summed E-state index contributed by atoms with van der Waals surface area (Å²) >= 11 is 0. The molecule has 0 heterocycles. The van der Waals surface area contributed by atoms with Gasteiger partial charge in [-0.05, 0) is 38.5 Å². The molecule has 2 rings (SSSR count). The number of amides is 1. The monoisotopic (exact) mass is 206 g/mol. The summed E-state index contributed by atoms with van der Waals surface area (Å²) in [6, 6.07) is 2.69. The molecule has 0 unspecified atom stereocenters. The summed E-state index contributed by atoms with van der Waals surface area (Å²) in [6.45, 7) is 4.86. The van der Waals surface area contributed by atoms with E-state index in [1.165, 1.54) is 0 Å². The van der Waals surface area contributed by atoms with Gasteiger partial charge in [-0.1, -0.05) is 6.92 Å². The second-order valence-corrected chi connectivity index (χ2v) is 5.03. The summed E-state index contributed by atoms with van der Waals surface area (Å²) in [5, 5.41) is 9.17. The van der Waals surface area contributed by atoms with Gasteiger partial charge < -0.3 is 4.90 Å². The van der Waals surface area contributed by atoms with Crippen molar-refractivity contribution in [3.8, 4) is 6.07 Å². The van der Waals surface area contributed by atoms with Gasteiger partial charge in [-0.3, -0.25) is 4.79 Å². The Morgan fingerprint density at radius 1 is 1.53 bits per heavy atom. The van der Waals surface area contributed by atoms with Gasteiger partial charge in [-0.2, -0.15) is 5.26 Å². The number of hydrogen-bond acceptors (Lipinski definition) is 2. The molecule has 1 amide bonds. The van der Waals surface area contributed by atoms with Crippen LogP contribution < -0.4 is 0 Å². The number of carbonyl (C=O) groups is 1. The fourth-order valence-electron chi connectivity index (χ4n) is 2.67. The fraction of sp³-hybridized carbons (Fsp3) is 0.833. The van der Waals surface area contributed by atoms with Crippen molar-refractivity contribution >= 4 is 5.91 Å². The molecular formula is C12H18N2O. The highest BCUT2D eigenvalue weighted by Gasteiger charge is 2.52. The summed E-state index contributed by atoms with van der Waals surface area (Å²) in [5.41, 5.74) is -0.669. The zero-order valence-electron chi connectivity index (χ0n) is 9.49. The van der Waals surface area contributed by atoms with Crippen molar-refractivity contribution in [3.63, 3.8) is 0 Å². The van der Waals surface area contributed by atoms with Crippen LogP contribution in [0.2, 0.25) is 0 Å². The molecule has 3 nitrogen and oxygen atoms in total. The second kappa shape index (κ2) is 3.52. The van der Waals surface area contributed by atoms with E-state index in [-0.39, 0.29) is 5.91 Å². The summed E-state index contributed by atoms with van der Waals surface area (Å²) in [4.78, 5) is 14.2. The van der Waals surface area contributed by atoms with Crippen molar-refractivity contribution in [3.05, 3.63) is 0 Å². The molecule has 82 valence electrons. The Morgan fingerprint density at radius 2 is 2.13 bits per heavy atom. The molecule has 3 heteroatoms. The predicted molar refractivity (Wildman–Crippen MR) is 56.9 cm³/mol. The highest BCUT2D eigenvalue weighted by atomic mass is 16.2. The van der Waals surface area contributed by atoms with E-state index in [0.717, 1.165) is 32.2 Å². The van der Waals surface area contributed by atoms with Crippen LogP contribution in [0.4, 0.5) is 0 Å². The van der Waals surface area contributed by atoms with E-state index in [2.05, 4.69) is 13.0 Å². The SMILES string of the molecule is CCN(C(=O)C1(C#N)CC(C)C1)C1CC1. The van der Waals surface area contributed by atoms with Gasteiger partial charge in [-0.25, -0.2) is 0 Å². The van der Waals surface area contributed by atoms with Gasteiger partial charge in [0.25, 0.3) is 0 Å². The highest BCUT2D eigenvalue weighted by Crippen LogP contribution is 2.47. The average molecular weight is 206 g/mol. The van der Waals surface area contributed by atoms with E-state index in [1.54, 1.807) is 0 Å². The Balaban J connectivity index is 2.08.